The van der Waals surface area contributed by atoms with E-state index in [1.165, 1.54) is 0 Å². The summed E-state index contributed by atoms with van der Waals surface area (Å²) in [7, 11) is 3.90. The van der Waals surface area contributed by atoms with E-state index in [0.717, 1.165) is 42.5 Å². The van der Waals surface area contributed by atoms with Gasteiger partial charge in [-0.25, -0.2) is 0 Å². The Hall–Kier alpha value is -1.58. The Labute approximate surface area is 115 Å². The summed E-state index contributed by atoms with van der Waals surface area (Å²) in [6.07, 6.45) is 7.69. The van der Waals surface area contributed by atoms with Gasteiger partial charge in [-0.1, -0.05) is 13.3 Å². The number of hydrogen-bond donors (Lipinski definition) is 0. The van der Waals surface area contributed by atoms with Crippen LogP contribution in [0.5, 0.6) is 0 Å². The molecule has 104 valence electrons. The van der Waals surface area contributed by atoms with Gasteiger partial charge in [-0.05, 0) is 26.2 Å². The first kappa shape index (κ1) is 13.8. The molecule has 1 unspecified atom stereocenters. The van der Waals surface area contributed by atoms with E-state index in [9.17, 15) is 4.79 Å². The number of aryl methyl sites for hydroxylation is 1. The van der Waals surface area contributed by atoms with Crippen molar-refractivity contribution in [1.29, 1.82) is 0 Å². The SMILES string of the molecule is CCCC(C)n1ncc2c1C(=O)/C(=C\N(C)C)CC2. The number of nitrogens with zero attached hydrogens (tertiary/aromatic N) is 3. The lowest BCUT2D eigenvalue weighted by atomic mass is 9.92. The molecule has 1 aliphatic rings. The molecule has 4 heteroatoms. The monoisotopic (exact) mass is 261 g/mol. The number of allylic oxidation sites excluding steroid dienone is 1. The normalized spacial score (nSPS) is 18.5. The molecule has 1 aromatic heterocycles. The van der Waals surface area contributed by atoms with Gasteiger partial charge in [0.25, 0.3) is 0 Å². The molecule has 0 aliphatic heterocycles. The van der Waals surface area contributed by atoms with Crippen LogP contribution >= 0.6 is 0 Å². The van der Waals surface area contributed by atoms with E-state index < -0.39 is 0 Å². The smallest absolute Gasteiger partial charge is 0.208 e. The number of ketones is 1. The average Bonchev–Trinajstić information content (AvgIpc) is 2.77. The molecule has 0 spiro atoms. The summed E-state index contributed by atoms with van der Waals surface area (Å²) in [4.78, 5) is 14.5. The first-order valence-electron chi connectivity index (χ1n) is 7.02. The fourth-order valence-electron chi connectivity index (χ4n) is 2.67. The third-order valence-corrected chi connectivity index (χ3v) is 3.58. The van der Waals surface area contributed by atoms with Gasteiger partial charge in [0.05, 0.1) is 6.20 Å². The van der Waals surface area contributed by atoms with Crippen LogP contribution in [0, 0.1) is 0 Å². The van der Waals surface area contributed by atoms with E-state index in [1.807, 2.05) is 36.1 Å². The molecule has 0 N–H and O–H groups in total. The van der Waals surface area contributed by atoms with E-state index in [2.05, 4.69) is 18.9 Å². The Kier molecular flexibility index (Phi) is 4.08. The minimum absolute atomic E-state index is 0.149. The maximum atomic E-state index is 12.6. The van der Waals surface area contributed by atoms with Gasteiger partial charge in [0, 0.05) is 37.5 Å². The number of carbonyl (C=O) groups excluding carboxylic acids is 1. The largest absolute Gasteiger partial charge is 0.383 e. The Morgan fingerprint density at radius 1 is 1.47 bits per heavy atom. The summed E-state index contributed by atoms with van der Waals surface area (Å²) in [6, 6.07) is 0.288. The van der Waals surface area contributed by atoms with Gasteiger partial charge in [-0.2, -0.15) is 5.10 Å². The molecule has 1 aromatic rings. The topological polar surface area (TPSA) is 38.1 Å². The third-order valence-electron chi connectivity index (χ3n) is 3.58. The molecule has 4 nitrogen and oxygen atoms in total. The fourth-order valence-corrected chi connectivity index (χ4v) is 2.67. The third kappa shape index (κ3) is 2.72. The van der Waals surface area contributed by atoms with Crippen molar-refractivity contribution in [3.05, 3.63) is 29.2 Å². The predicted octanol–water partition coefficient (Wildman–Crippen LogP) is 2.82. The zero-order valence-corrected chi connectivity index (χ0v) is 12.3. The Bertz CT molecular complexity index is 499. The molecule has 1 heterocycles. The van der Waals surface area contributed by atoms with E-state index >= 15 is 0 Å². The second-order valence-electron chi connectivity index (χ2n) is 5.55. The molecule has 1 aliphatic carbocycles. The van der Waals surface area contributed by atoms with Gasteiger partial charge < -0.3 is 4.90 Å². The van der Waals surface area contributed by atoms with Crippen molar-refractivity contribution in [2.24, 2.45) is 0 Å². The van der Waals surface area contributed by atoms with Gasteiger partial charge >= 0.3 is 0 Å². The number of Topliss-reactive ketones (excluding diaryl/α,β-unsaturated/α-hetero) is 1. The van der Waals surface area contributed by atoms with Crippen LogP contribution < -0.4 is 0 Å². The van der Waals surface area contributed by atoms with Gasteiger partial charge in [0.15, 0.2) is 0 Å². The summed E-state index contributed by atoms with van der Waals surface area (Å²) in [5, 5.41) is 4.44. The highest BCUT2D eigenvalue weighted by atomic mass is 16.1. The summed E-state index contributed by atoms with van der Waals surface area (Å²) >= 11 is 0. The first-order valence-corrected chi connectivity index (χ1v) is 7.02. The number of hydrogen-bond acceptors (Lipinski definition) is 3. The highest BCUT2D eigenvalue weighted by molar-refractivity contribution is 6.09. The van der Waals surface area contributed by atoms with Crippen LogP contribution in [0.3, 0.4) is 0 Å². The van der Waals surface area contributed by atoms with Crippen LogP contribution in [0.15, 0.2) is 18.0 Å². The summed E-state index contributed by atoms with van der Waals surface area (Å²) in [6.45, 7) is 4.29. The number of rotatable bonds is 4. The van der Waals surface area contributed by atoms with Crippen molar-refractivity contribution in [3.63, 3.8) is 0 Å². The summed E-state index contributed by atoms with van der Waals surface area (Å²) < 4.78 is 1.92. The zero-order valence-electron chi connectivity index (χ0n) is 12.3. The van der Waals surface area contributed by atoms with Crippen molar-refractivity contribution >= 4 is 5.78 Å². The number of aromatic nitrogens is 2. The molecule has 0 saturated heterocycles. The second kappa shape index (κ2) is 5.59. The van der Waals surface area contributed by atoms with E-state index in [1.54, 1.807) is 0 Å². The molecule has 0 aromatic carbocycles. The van der Waals surface area contributed by atoms with Gasteiger partial charge in [-0.3, -0.25) is 9.48 Å². The van der Waals surface area contributed by atoms with Crippen molar-refractivity contribution in [2.75, 3.05) is 14.1 Å². The van der Waals surface area contributed by atoms with Crippen LogP contribution in [0.4, 0.5) is 0 Å². The zero-order chi connectivity index (χ0) is 14.0. The summed E-state index contributed by atoms with van der Waals surface area (Å²) in [5.41, 5.74) is 2.80. The quantitative estimate of drug-likeness (QED) is 0.782. The van der Waals surface area contributed by atoms with Crippen molar-refractivity contribution in [2.45, 2.75) is 45.6 Å². The average molecular weight is 261 g/mol. The molecule has 0 saturated carbocycles. The van der Waals surface area contributed by atoms with Crippen LogP contribution in [0.1, 0.15) is 55.2 Å². The van der Waals surface area contributed by atoms with Crippen molar-refractivity contribution in [1.82, 2.24) is 14.7 Å². The van der Waals surface area contributed by atoms with Crippen LogP contribution in [-0.4, -0.2) is 34.6 Å². The fraction of sp³-hybridized carbons (Fsp3) is 0.600. The minimum atomic E-state index is 0.149. The molecule has 0 amide bonds. The highest BCUT2D eigenvalue weighted by Gasteiger charge is 2.28. The molecular formula is C15H23N3O. The standard InChI is InChI=1S/C15H23N3O/c1-5-6-11(2)18-14-12(9-16-18)7-8-13(15(14)19)10-17(3)4/h9-11H,5-8H2,1-4H3/b13-10-. The second-order valence-corrected chi connectivity index (χ2v) is 5.55. The molecule has 0 bridgehead atoms. The first-order chi connectivity index (χ1) is 9.04. The highest BCUT2D eigenvalue weighted by Crippen LogP contribution is 2.28. The maximum absolute atomic E-state index is 12.6. The minimum Gasteiger partial charge on any atom is -0.383 e. The molecule has 1 atom stereocenters. The molecule has 2 rings (SSSR count). The molecular weight excluding hydrogens is 238 g/mol. The lowest BCUT2D eigenvalue weighted by molar-refractivity contribution is 0.101. The van der Waals surface area contributed by atoms with Crippen LogP contribution in [-0.2, 0) is 6.42 Å². The Balaban J connectivity index is 2.36. The van der Waals surface area contributed by atoms with E-state index in [-0.39, 0.29) is 11.8 Å². The molecule has 0 fully saturated rings. The number of carbonyl (C=O) groups is 1. The molecule has 0 radical (unpaired) electrons. The van der Waals surface area contributed by atoms with Crippen LogP contribution in [0.2, 0.25) is 0 Å². The predicted molar refractivity (Wildman–Crippen MR) is 76.3 cm³/mol. The van der Waals surface area contributed by atoms with Gasteiger partial charge in [0.2, 0.25) is 5.78 Å². The van der Waals surface area contributed by atoms with E-state index in [4.69, 9.17) is 0 Å². The Morgan fingerprint density at radius 2 is 2.21 bits per heavy atom. The lowest BCUT2D eigenvalue weighted by Gasteiger charge is -2.20. The van der Waals surface area contributed by atoms with Gasteiger partial charge in [-0.15, -0.1) is 0 Å². The van der Waals surface area contributed by atoms with Crippen molar-refractivity contribution < 1.29 is 4.79 Å². The van der Waals surface area contributed by atoms with E-state index in [0.29, 0.717) is 0 Å². The summed E-state index contributed by atoms with van der Waals surface area (Å²) in [5.74, 6) is 0.149. The lowest BCUT2D eigenvalue weighted by Crippen LogP contribution is -2.22. The van der Waals surface area contributed by atoms with Gasteiger partial charge in [0.1, 0.15) is 5.69 Å². The molecule has 19 heavy (non-hydrogen) atoms. The Morgan fingerprint density at radius 3 is 2.84 bits per heavy atom. The number of fused-ring (bicyclic) bond motifs is 1. The maximum Gasteiger partial charge on any atom is 0.208 e. The van der Waals surface area contributed by atoms with Crippen LogP contribution in [0.25, 0.3) is 0 Å². The van der Waals surface area contributed by atoms with Crippen molar-refractivity contribution in [3.8, 4) is 0 Å².